The number of benzene rings is 1. The van der Waals surface area contributed by atoms with E-state index in [0.29, 0.717) is 30.6 Å². The molecule has 8 nitrogen and oxygen atoms in total. The first-order chi connectivity index (χ1) is 12.1. The number of amides is 2. The molecular weight excluding hydrogens is 338 g/mol. The van der Waals surface area contributed by atoms with Crippen molar-refractivity contribution < 1.29 is 23.9 Å². The Morgan fingerprint density at radius 2 is 1.92 bits per heavy atom. The van der Waals surface area contributed by atoms with Gasteiger partial charge in [0, 0.05) is 12.2 Å². The van der Waals surface area contributed by atoms with Gasteiger partial charge in [-0.05, 0) is 51.8 Å². The molecule has 0 aliphatic rings. The van der Waals surface area contributed by atoms with Crippen molar-refractivity contribution in [2.24, 2.45) is 5.73 Å². The van der Waals surface area contributed by atoms with Gasteiger partial charge in [0.05, 0.1) is 18.7 Å². The van der Waals surface area contributed by atoms with E-state index < -0.39 is 23.7 Å². The average Bonchev–Trinajstić information content (AvgIpc) is 2.56. The fraction of sp³-hybridized carbons (Fsp3) is 0.500. The van der Waals surface area contributed by atoms with Crippen LogP contribution in [0.2, 0.25) is 0 Å². The fourth-order valence-corrected chi connectivity index (χ4v) is 2.03. The number of methoxy groups -OCH3 is 1. The first-order valence-electron chi connectivity index (χ1n) is 8.34. The van der Waals surface area contributed by atoms with Gasteiger partial charge in [0.25, 0.3) is 0 Å². The van der Waals surface area contributed by atoms with Gasteiger partial charge in [0.15, 0.2) is 0 Å². The van der Waals surface area contributed by atoms with Crippen LogP contribution in [0.3, 0.4) is 0 Å². The van der Waals surface area contributed by atoms with E-state index >= 15 is 0 Å². The van der Waals surface area contributed by atoms with Crippen LogP contribution in [0.1, 0.15) is 44.0 Å². The van der Waals surface area contributed by atoms with Gasteiger partial charge < -0.3 is 25.8 Å². The van der Waals surface area contributed by atoms with Crippen LogP contribution in [0.25, 0.3) is 0 Å². The molecule has 0 spiro atoms. The Hall–Kier alpha value is -2.61. The quantitative estimate of drug-likeness (QED) is 0.502. The number of hydrogen-bond donors (Lipinski definition) is 3. The molecule has 0 radical (unpaired) electrons. The van der Waals surface area contributed by atoms with Crippen LogP contribution >= 0.6 is 0 Å². The summed E-state index contributed by atoms with van der Waals surface area (Å²) in [6.07, 6.45) is 0.407. The Kier molecular flexibility index (Phi) is 8.05. The highest BCUT2D eigenvalue weighted by molar-refractivity contribution is 5.96. The second-order valence-electron chi connectivity index (χ2n) is 6.74. The molecule has 26 heavy (non-hydrogen) atoms. The summed E-state index contributed by atoms with van der Waals surface area (Å²) in [4.78, 5) is 35.1. The van der Waals surface area contributed by atoms with Gasteiger partial charge in [0.1, 0.15) is 5.60 Å². The van der Waals surface area contributed by atoms with Gasteiger partial charge >= 0.3 is 12.1 Å². The van der Waals surface area contributed by atoms with Gasteiger partial charge in [-0.2, -0.15) is 0 Å². The zero-order valence-corrected chi connectivity index (χ0v) is 15.6. The first kappa shape index (κ1) is 21.4. The van der Waals surface area contributed by atoms with Crippen LogP contribution in [0, 0.1) is 0 Å². The Labute approximate surface area is 153 Å². The van der Waals surface area contributed by atoms with Crippen LogP contribution in [0.15, 0.2) is 24.3 Å². The maximum atomic E-state index is 12.1. The molecular formula is C18H27N3O5. The molecule has 0 saturated heterocycles. The minimum absolute atomic E-state index is 0.334. The molecule has 0 fully saturated rings. The van der Waals surface area contributed by atoms with E-state index in [1.807, 2.05) is 0 Å². The Balaban J connectivity index is 2.39. The highest BCUT2D eigenvalue weighted by atomic mass is 16.6. The third-order valence-electron chi connectivity index (χ3n) is 3.25. The van der Waals surface area contributed by atoms with Gasteiger partial charge in [0.2, 0.25) is 5.91 Å². The normalized spacial score (nSPS) is 12.0. The van der Waals surface area contributed by atoms with Crippen LogP contribution < -0.4 is 16.4 Å². The van der Waals surface area contributed by atoms with Crippen molar-refractivity contribution in [3.05, 3.63) is 29.8 Å². The van der Waals surface area contributed by atoms with Crippen molar-refractivity contribution in [3.63, 3.8) is 0 Å². The molecule has 144 valence electrons. The van der Waals surface area contributed by atoms with Crippen molar-refractivity contribution in [1.29, 1.82) is 0 Å². The van der Waals surface area contributed by atoms with Crippen molar-refractivity contribution >= 4 is 23.7 Å². The highest BCUT2D eigenvalue weighted by Crippen LogP contribution is 2.12. The number of anilines is 1. The molecule has 0 aliphatic heterocycles. The van der Waals surface area contributed by atoms with Gasteiger partial charge in [-0.15, -0.1) is 0 Å². The molecule has 0 heterocycles. The third-order valence-corrected chi connectivity index (χ3v) is 3.25. The standard InChI is InChI=1S/C18H27N3O5/c1-18(2,3)26-17(24)20-10-6-9-14(19)15(22)21-13-8-5-7-12(11-13)16(23)25-4/h5,7-8,11,14H,6,9-10,19H2,1-4H3,(H,20,24)(H,21,22). The first-order valence-corrected chi connectivity index (χ1v) is 8.34. The lowest BCUT2D eigenvalue weighted by Gasteiger charge is -2.19. The molecule has 0 bridgehead atoms. The summed E-state index contributed by atoms with van der Waals surface area (Å²) in [7, 11) is 1.29. The molecule has 2 amide bonds. The highest BCUT2D eigenvalue weighted by Gasteiger charge is 2.17. The van der Waals surface area contributed by atoms with Gasteiger partial charge in [-0.3, -0.25) is 4.79 Å². The van der Waals surface area contributed by atoms with Crippen LogP contribution in [-0.4, -0.2) is 43.3 Å². The Bertz CT molecular complexity index is 640. The van der Waals surface area contributed by atoms with Crippen molar-refractivity contribution in [2.75, 3.05) is 19.0 Å². The second-order valence-corrected chi connectivity index (χ2v) is 6.74. The number of nitrogens with one attached hydrogen (secondary N) is 2. The van der Waals surface area contributed by atoms with E-state index in [1.54, 1.807) is 39.0 Å². The summed E-state index contributed by atoms with van der Waals surface area (Å²) >= 11 is 0. The van der Waals surface area contributed by atoms with Gasteiger partial charge in [-0.1, -0.05) is 6.07 Å². The Morgan fingerprint density at radius 1 is 1.23 bits per heavy atom. The van der Waals surface area contributed by atoms with Crippen molar-refractivity contribution in [1.82, 2.24) is 5.32 Å². The lowest BCUT2D eigenvalue weighted by Crippen LogP contribution is -2.37. The molecule has 0 aliphatic carbocycles. The summed E-state index contributed by atoms with van der Waals surface area (Å²) < 4.78 is 9.75. The SMILES string of the molecule is COC(=O)c1cccc(NC(=O)C(N)CCCNC(=O)OC(C)(C)C)c1. The maximum Gasteiger partial charge on any atom is 0.407 e. The molecule has 0 aromatic heterocycles. The number of nitrogens with two attached hydrogens (primary N) is 1. The fourth-order valence-electron chi connectivity index (χ4n) is 2.03. The minimum Gasteiger partial charge on any atom is -0.465 e. The number of hydrogen-bond acceptors (Lipinski definition) is 6. The van der Waals surface area contributed by atoms with E-state index in [9.17, 15) is 14.4 Å². The molecule has 8 heteroatoms. The number of ether oxygens (including phenoxy) is 2. The van der Waals surface area contributed by atoms with Crippen LogP contribution in [0.5, 0.6) is 0 Å². The van der Waals surface area contributed by atoms with Gasteiger partial charge in [-0.25, -0.2) is 9.59 Å². The summed E-state index contributed by atoms with van der Waals surface area (Å²) in [5.74, 6) is -0.858. The molecule has 1 unspecified atom stereocenters. The summed E-state index contributed by atoms with van der Waals surface area (Å²) in [6.45, 7) is 5.69. The van der Waals surface area contributed by atoms with E-state index in [-0.39, 0.29) is 5.91 Å². The molecule has 0 saturated carbocycles. The number of esters is 1. The molecule has 1 rings (SSSR count). The van der Waals surface area contributed by atoms with Crippen LogP contribution in [-0.2, 0) is 14.3 Å². The van der Waals surface area contributed by atoms with E-state index in [1.165, 1.54) is 13.2 Å². The summed E-state index contributed by atoms with van der Waals surface area (Å²) in [6, 6.07) is 5.65. The maximum absolute atomic E-state index is 12.1. The molecule has 1 aromatic carbocycles. The second kappa shape index (κ2) is 9.76. The number of carbonyl (C=O) groups is 3. The van der Waals surface area contributed by atoms with E-state index in [2.05, 4.69) is 15.4 Å². The third kappa shape index (κ3) is 7.98. The van der Waals surface area contributed by atoms with Crippen molar-refractivity contribution in [3.8, 4) is 0 Å². The lowest BCUT2D eigenvalue weighted by atomic mass is 10.1. The molecule has 1 atom stereocenters. The number of rotatable bonds is 7. The molecule has 1 aromatic rings. The average molecular weight is 365 g/mol. The van der Waals surface area contributed by atoms with E-state index in [4.69, 9.17) is 10.5 Å². The topological polar surface area (TPSA) is 120 Å². The Morgan fingerprint density at radius 3 is 2.54 bits per heavy atom. The predicted octanol–water partition coefficient (Wildman–Crippen LogP) is 2.04. The monoisotopic (exact) mass is 365 g/mol. The summed E-state index contributed by atoms with van der Waals surface area (Å²) in [5.41, 5.74) is 6.10. The summed E-state index contributed by atoms with van der Waals surface area (Å²) in [5, 5.41) is 5.27. The predicted molar refractivity (Wildman–Crippen MR) is 97.9 cm³/mol. The smallest absolute Gasteiger partial charge is 0.407 e. The van der Waals surface area contributed by atoms with E-state index in [0.717, 1.165) is 0 Å². The lowest BCUT2D eigenvalue weighted by molar-refractivity contribution is -0.117. The van der Waals surface area contributed by atoms with Crippen molar-refractivity contribution in [2.45, 2.75) is 45.3 Å². The zero-order valence-electron chi connectivity index (χ0n) is 15.6. The largest absolute Gasteiger partial charge is 0.465 e. The zero-order chi connectivity index (χ0) is 19.7. The molecule has 4 N–H and O–H groups in total. The minimum atomic E-state index is -0.739. The van der Waals surface area contributed by atoms with Crippen LogP contribution in [0.4, 0.5) is 10.5 Å². The number of carbonyl (C=O) groups excluding carboxylic acids is 3. The number of alkyl carbamates (subject to hydrolysis) is 1.